The quantitative estimate of drug-likeness (QED) is 0.577. The average molecular weight is 215 g/mol. The molecule has 0 aliphatic carbocycles. The Balaban J connectivity index is 1.79. The molecule has 1 saturated heterocycles. The first kappa shape index (κ1) is 12.9. The molecule has 90 valence electrons. The summed E-state index contributed by atoms with van der Waals surface area (Å²) >= 11 is 0. The van der Waals surface area contributed by atoms with Gasteiger partial charge in [-0.25, -0.2) is 0 Å². The SMILES string of the molecule is CCCOCCOCCN1CCCCC1. The van der Waals surface area contributed by atoms with Crippen molar-refractivity contribution in [2.45, 2.75) is 32.6 Å². The van der Waals surface area contributed by atoms with E-state index >= 15 is 0 Å². The Morgan fingerprint density at radius 2 is 1.53 bits per heavy atom. The third-order valence-electron chi connectivity index (χ3n) is 2.72. The van der Waals surface area contributed by atoms with E-state index in [0.29, 0.717) is 0 Å². The predicted molar refractivity (Wildman–Crippen MR) is 62.2 cm³/mol. The van der Waals surface area contributed by atoms with Gasteiger partial charge in [0.1, 0.15) is 0 Å². The molecule has 1 aliphatic heterocycles. The summed E-state index contributed by atoms with van der Waals surface area (Å²) < 4.78 is 10.9. The third-order valence-corrected chi connectivity index (χ3v) is 2.72. The van der Waals surface area contributed by atoms with Crippen molar-refractivity contribution in [3.8, 4) is 0 Å². The number of rotatable bonds is 8. The molecular formula is C12H25NO2. The van der Waals surface area contributed by atoms with Gasteiger partial charge in [0.2, 0.25) is 0 Å². The van der Waals surface area contributed by atoms with Crippen LogP contribution in [0.25, 0.3) is 0 Å². The normalized spacial score (nSPS) is 18.2. The summed E-state index contributed by atoms with van der Waals surface area (Å²) in [5, 5.41) is 0. The Bertz CT molecular complexity index is 136. The number of hydrogen-bond donors (Lipinski definition) is 0. The zero-order chi connectivity index (χ0) is 10.8. The van der Waals surface area contributed by atoms with Crippen LogP contribution >= 0.6 is 0 Å². The van der Waals surface area contributed by atoms with E-state index in [1.165, 1.54) is 32.4 Å². The first-order chi connectivity index (χ1) is 7.43. The summed E-state index contributed by atoms with van der Waals surface area (Å²) in [6.07, 6.45) is 5.22. The molecular weight excluding hydrogens is 190 g/mol. The molecule has 0 saturated carbocycles. The van der Waals surface area contributed by atoms with Crippen LogP contribution in [0.3, 0.4) is 0 Å². The van der Waals surface area contributed by atoms with Crippen molar-refractivity contribution in [2.75, 3.05) is 46.1 Å². The lowest BCUT2D eigenvalue weighted by molar-refractivity contribution is 0.0369. The largest absolute Gasteiger partial charge is 0.379 e. The fourth-order valence-electron chi connectivity index (χ4n) is 1.84. The molecule has 0 unspecified atom stereocenters. The number of likely N-dealkylation sites (tertiary alicyclic amines) is 1. The molecule has 0 radical (unpaired) electrons. The lowest BCUT2D eigenvalue weighted by Crippen LogP contribution is -2.32. The van der Waals surface area contributed by atoms with Crippen molar-refractivity contribution in [3.63, 3.8) is 0 Å². The van der Waals surface area contributed by atoms with E-state index in [-0.39, 0.29) is 0 Å². The zero-order valence-electron chi connectivity index (χ0n) is 10.0. The summed E-state index contributed by atoms with van der Waals surface area (Å²) in [5.74, 6) is 0. The van der Waals surface area contributed by atoms with E-state index in [4.69, 9.17) is 9.47 Å². The lowest BCUT2D eigenvalue weighted by atomic mass is 10.1. The van der Waals surface area contributed by atoms with Crippen molar-refractivity contribution in [1.82, 2.24) is 4.90 Å². The van der Waals surface area contributed by atoms with Gasteiger partial charge in [-0.15, -0.1) is 0 Å². The van der Waals surface area contributed by atoms with Crippen molar-refractivity contribution >= 4 is 0 Å². The highest BCUT2D eigenvalue weighted by Crippen LogP contribution is 2.07. The molecule has 0 N–H and O–H groups in total. The Labute approximate surface area is 93.7 Å². The van der Waals surface area contributed by atoms with Gasteiger partial charge in [0, 0.05) is 13.2 Å². The molecule has 0 aromatic rings. The minimum absolute atomic E-state index is 0.744. The molecule has 3 heteroatoms. The van der Waals surface area contributed by atoms with E-state index < -0.39 is 0 Å². The fourth-order valence-corrected chi connectivity index (χ4v) is 1.84. The Morgan fingerprint density at radius 3 is 2.20 bits per heavy atom. The van der Waals surface area contributed by atoms with Crippen LogP contribution in [0.5, 0.6) is 0 Å². The molecule has 15 heavy (non-hydrogen) atoms. The molecule has 1 fully saturated rings. The molecule has 3 nitrogen and oxygen atoms in total. The molecule has 1 rings (SSSR count). The number of piperidine rings is 1. The minimum atomic E-state index is 0.744. The van der Waals surface area contributed by atoms with Gasteiger partial charge in [0.15, 0.2) is 0 Å². The summed E-state index contributed by atoms with van der Waals surface area (Å²) in [6.45, 7) is 8.93. The van der Waals surface area contributed by atoms with E-state index in [1.54, 1.807) is 0 Å². The second-order valence-corrected chi connectivity index (χ2v) is 4.13. The average Bonchev–Trinajstić information content (AvgIpc) is 2.29. The second kappa shape index (κ2) is 9.13. The zero-order valence-corrected chi connectivity index (χ0v) is 10.0. The number of ether oxygens (including phenoxy) is 2. The standard InChI is InChI=1S/C12H25NO2/c1-2-9-14-11-12-15-10-8-13-6-4-3-5-7-13/h2-12H2,1H3. The summed E-state index contributed by atoms with van der Waals surface area (Å²) in [4.78, 5) is 2.50. The van der Waals surface area contributed by atoms with Gasteiger partial charge in [0.25, 0.3) is 0 Å². The number of hydrogen-bond acceptors (Lipinski definition) is 3. The maximum Gasteiger partial charge on any atom is 0.0701 e. The monoisotopic (exact) mass is 215 g/mol. The predicted octanol–water partition coefficient (Wildman–Crippen LogP) is 1.92. The van der Waals surface area contributed by atoms with Crippen LogP contribution in [0.15, 0.2) is 0 Å². The summed E-state index contributed by atoms with van der Waals surface area (Å²) in [7, 11) is 0. The molecule has 0 bridgehead atoms. The van der Waals surface area contributed by atoms with Gasteiger partial charge in [-0.1, -0.05) is 13.3 Å². The van der Waals surface area contributed by atoms with Crippen molar-refractivity contribution in [1.29, 1.82) is 0 Å². The van der Waals surface area contributed by atoms with E-state index in [1.807, 2.05) is 0 Å². The molecule has 0 spiro atoms. The smallest absolute Gasteiger partial charge is 0.0701 e. The van der Waals surface area contributed by atoms with E-state index in [9.17, 15) is 0 Å². The van der Waals surface area contributed by atoms with Gasteiger partial charge >= 0.3 is 0 Å². The summed E-state index contributed by atoms with van der Waals surface area (Å²) in [5.41, 5.74) is 0. The van der Waals surface area contributed by atoms with Crippen LogP contribution in [-0.4, -0.2) is 51.0 Å². The maximum absolute atomic E-state index is 5.52. The second-order valence-electron chi connectivity index (χ2n) is 4.13. The fraction of sp³-hybridized carbons (Fsp3) is 1.00. The highest BCUT2D eigenvalue weighted by molar-refractivity contribution is 4.63. The highest BCUT2D eigenvalue weighted by Gasteiger charge is 2.08. The maximum atomic E-state index is 5.52. The van der Waals surface area contributed by atoms with Crippen molar-refractivity contribution in [3.05, 3.63) is 0 Å². The molecule has 1 aliphatic rings. The Morgan fingerprint density at radius 1 is 0.867 bits per heavy atom. The van der Waals surface area contributed by atoms with Crippen LogP contribution in [0.2, 0.25) is 0 Å². The summed E-state index contributed by atoms with van der Waals surface area (Å²) in [6, 6.07) is 0. The van der Waals surface area contributed by atoms with Crippen molar-refractivity contribution < 1.29 is 9.47 Å². The molecule has 0 atom stereocenters. The third kappa shape index (κ3) is 6.88. The van der Waals surface area contributed by atoms with Gasteiger partial charge < -0.3 is 14.4 Å². The minimum Gasteiger partial charge on any atom is -0.379 e. The number of nitrogens with zero attached hydrogens (tertiary/aromatic N) is 1. The van der Waals surface area contributed by atoms with Crippen LogP contribution < -0.4 is 0 Å². The van der Waals surface area contributed by atoms with E-state index in [2.05, 4.69) is 11.8 Å². The first-order valence-electron chi connectivity index (χ1n) is 6.31. The van der Waals surface area contributed by atoms with E-state index in [0.717, 1.165) is 39.4 Å². The lowest BCUT2D eigenvalue weighted by Gasteiger charge is -2.26. The topological polar surface area (TPSA) is 21.7 Å². The molecule has 0 amide bonds. The van der Waals surface area contributed by atoms with Crippen LogP contribution in [0.4, 0.5) is 0 Å². The molecule has 0 aromatic heterocycles. The Hall–Kier alpha value is -0.120. The first-order valence-corrected chi connectivity index (χ1v) is 6.31. The molecule has 1 heterocycles. The van der Waals surface area contributed by atoms with Crippen LogP contribution in [0, 0.1) is 0 Å². The highest BCUT2D eigenvalue weighted by atomic mass is 16.5. The van der Waals surface area contributed by atoms with Crippen LogP contribution in [-0.2, 0) is 9.47 Å². The van der Waals surface area contributed by atoms with Gasteiger partial charge in [-0.05, 0) is 32.4 Å². The van der Waals surface area contributed by atoms with Crippen molar-refractivity contribution in [2.24, 2.45) is 0 Å². The van der Waals surface area contributed by atoms with Crippen LogP contribution in [0.1, 0.15) is 32.6 Å². The van der Waals surface area contributed by atoms with Gasteiger partial charge in [-0.2, -0.15) is 0 Å². The molecule has 0 aromatic carbocycles. The Kier molecular flexibility index (Phi) is 7.88. The van der Waals surface area contributed by atoms with Gasteiger partial charge in [-0.3, -0.25) is 0 Å². The van der Waals surface area contributed by atoms with Gasteiger partial charge in [0.05, 0.1) is 19.8 Å².